The normalized spacial score (nSPS) is 18.3. The Hall–Kier alpha value is -3.81. The van der Waals surface area contributed by atoms with Crippen molar-refractivity contribution < 1.29 is 19.2 Å². The van der Waals surface area contributed by atoms with Gasteiger partial charge in [-0.3, -0.25) is 29.5 Å². The summed E-state index contributed by atoms with van der Waals surface area (Å²) >= 11 is 0. The van der Waals surface area contributed by atoms with Gasteiger partial charge in [-0.25, -0.2) is 0 Å². The molecule has 2 N–H and O–H groups in total. The summed E-state index contributed by atoms with van der Waals surface area (Å²) in [5.74, 6) is -1.70. The van der Waals surface area contributed by atoms with Crippen molar-refractivity contribution in [1.29, 1.82) is 0 Å². The number of imide groups is 1. The first-order valence-electron chi connectivity index (χ1n) is 10.1. The maximum Gasteiger partial charge on any atom is 0.262 e. The molecule has 8 heteroatoms. The third kappa shape index (κ3) is 3.96. The molecule has 2 unspecified atom stereocenters. The number of rotatable bonds is 7. The molecular formula is C23H22N4O4. The largest absolute Gasteiger partial charge is 0.354 e. The summed E-state index contributed by atoms with van der Waals surface area (Å²) in [7, 11) is 0. The molecular weight excluding hydrogens is 396 g/mol. The Labute approximate surface area is 179 Å². The van der Waals surface area contributed by atoms with E-state index in [4.69, 9.17) is 0 Å². The van der Waals surface area contributed by atoms with Crippen LogP contribution >= 0.6 is 0 Å². The van der Waals surface area contributed by atoms with Gasteiger partial charge in [0.2, 0.25) is 11.7 Å². The zero-order valence-corrected chi connectivity index (χ0v) is 17.0. The molecule has 158 valence electrons. The number of hydrazone groups is 1. The maximum atomic E-state index is 12.9. The van der Waals surface area contributed by atoms with E-state index < -0.39 is 29.7 Å². The van der Waals surface area contributed by atoms with Crippen molar-refractivity contribution in [1.82, 2.24) is 15.6 Å². The lowest BCUT2D eigenvalue weighted by atomic mass is 10.0. The molecule has 3 amide bonds. The maximum absolute atomic E-state index is 12.9. The molecule has 0 saturated carbocycles. The van der Waals surface area contributed by atoms with Crippen LogP contribution in [0.1, 0.15) is 39.6 Å². The number of carbonyl (C=O) groups is 4. The van der Waals surface area contributed by atoms with Crippen LogP contribution in [0, 0.1) is 0 Å². The van der Waals surface area contributed by atoms with Crippen LogP contribution in [-0.4, -0.2) is 52.7 Å². The fourth-order valence-electron chi connectivity index (χ4n) is 3.76. The summed E-state index contributed by atoms with van der Waals surface area (Å²) in [6.45, 7) is 1.97. The smallest absolute Gasteiger partial charge is 0.262 e. The van der Waals surface area contributed by atoms with Crippen LogP contribution in [0.5, 0.6) is 0 Å². The zero-order valence-electron chi connectivity index (χ0n) is 17.0. The minimum atomic E-state index is -1.01. The molecule has 0 spiro atoms. The standard InChI is InChI=1S/C23H22N4O4/c1-14(27-22(30)16-9-5-6-10-17(16)23(27)31)20(28)18-13-19(26-25-18)21(29)24-12-11-15-7-3-2-4-8-15/h2-10,14,19,26H,11-13H2,1H3,(H,24,29). The number of hydrogen-bond donors (Lipinski definition) is 2. The SMILES string of the molecule is CC(C(=O)C1=NNC(C(=O)NCCc2ccccc2)C1)N1C(=O)c2ccccc2C1=O. The van der Waals surface area contributed by atoms with Crippen molar-refractivity contribution in [3.05, 3.63) is 71.3 Å². The number of carbonyl (C=O) groups excluding carboxylic acids is 4. The highest BCUT2D eigenvalue weighted by Crippen LogP contribution is 2.25. The molecule has 0 radical (unpaired) electrons. The number of benzene rings is 2. The number of fused-ring (bicyclic) bond motifs is 1. The van der Waals surface area contributed by atoms with Crippen molar-refractivity contribution in [2.75, 3.05) is 6.54 Å². The first kappa shape index (κ1) is 20.5. The molecule has 0 aromatic heterocycles. The molecule has 0 saturated heterocycles. The summed E-state index contributed by atoms with van der Waals surface area (Å²) in [6, 6.07) is 14.6. The van der Waals surface area contributed by atoms with E-state index >= 15 is 0 Å². The Morgan fingerprint density at radius 1 is 1.06 bits per heavy atom. The van der Waals surface area contributed by atoms with Crippen molar-refractivity contribution >= 4 is 29.2 Å². The van der Waals surface area contributed by atoms with E-state index in [-0.39, 0.29) is 29.2 Å². The molecule has 2 heterocycles. The second-order valence-corrected chi connectivity index (χ2v) is 7.54. The Kier molecular flexibility index (Phi) is 5.62. The average Bonchev–Trinajstić information content (AvgIpc) is 3.38. The van der Waals surface area contributed by atoms with Gasteiger partial charge in [0.15, 0.2) is 0 Å². The molecule has 2 aromatic rings. The lowest BCUT2D eigenvalue weighted by Gasteiger charge is -2.21. The minimum Gasteiger partial charge on any atom is -0.354 e. The van der Waals surface area contributed by atoms with Crippen LogP contribution in [0.3, 0.4) is 0 Å². The molecule has 2 atom stereocenters. The van der Waals surface area contributed by atoms with Crippen LogP contribution < -0.4 is 10.7 Å². The van der Waals surface area contributed by atoms with Gasteiger partial charge in [0, 0.05) is 13.0 Å². The highest BCUT2D eigenvalue weighted by Gasteiger charge is 2.42. The lowest BCUT2D eigenvalue weighted by Crippen LogP contribution is -2.46. The molecule has 0 aliphatic carbocycles. The summed E-state index contributed by atoms with van der Waals surface area (Å²) in [5, 5.41) is 6.84. The van der Waals surface area contributed by atoms with Gasteiger partial charge >= 0.3 is 0 Å². The zero-order chi connectivity index (χ0) is 22.0. The van der Waals surface area contributed by atoms with E-state index in [1.807, 2.05) is 30.3 Å². The third-order valence-corrected chi connectivity index (χ3v) is 5.50. The lowest BCUT2D eigenvalue weighted by molar-refractivity contribution is -0.122. The second kappa shape index (κ2) is 8.51. The highest BCUT2D eigenvalue weighted by molar-refractivity contribution is 6.43. The highest BCUT2D eigenvalue weighted by atomic mass is 16.2. The van der Waals surface area contributed by atoms with Crippen molar-refractivity contribution in [3.8, 4) is 0 Å². The van der Waals surface area contributed by atoms with Gasteiger partial charge in [-0.15, -0.1) is 0 Å². The Morgan fingerprint density at radius 2 is 1.68 bits per heavy atom. The van der Waals surface area contributed by atoms with Crippen molar-refractivity contribution in [2.45, 2.75) is 31.8 Å². The number of ketones is 1. The second-order valence-electron chi connectivity index (χ2n) is 7.54. The van der Waals surface area contributed by atoms with Gasteiger partial charge in [-0.05, 0) is 31.0 Å². The molecule has 2 aromatic carbocycles. The van der Waals surface area contributed by atoms with Gasteiger partial charge in [-0.1, -0.05) is 42.5 Å². The predicted molar refractivity (Wildman–Crippen MR) is 114 cm³/mol. The monoisotopic (exact) mass is 418 g/mol. The van der Waals surface area contributed by atoms with Crippen molar-refractivity contribution in [2.24, 2.45) is 5.10 Å². The fraction of sp³-hybridized carbons (Fsp3) is 0.261. The van der Waals surface area contributed by atoms with Crippen LogP contribution in [0.4, 0.5) is 0 Å². The minimum absolute atomic E-state index is 0.101. The molecule has 8 nitrogen and oxygen atoms in total. The first-order valence-corrected chi connectivity index (χ1v) is 10.1. The van der Waals surface area contributed by atoms with E-state index in [2.05, 4.69) is 15.8 Å². The predicted octanol–water partition coefficient (Wildman–Crippen LogP) is 1.32. The number of amides is 3. The van der Waals surface area contributed by atoms with Crippen LogP contribution in [0.15, 0.2) is 59.7 Å². The number of hydrogen-bond acceptors (Lipinski definition) is 6. The van der Waals surface area contributed by atoms with Crippen LogP contribution in [-0.2, 0) is 16.0 Å². The van der Waals surface area contributed by atoms with Gasteiger partial charge in [0.05, 0.1) is 11.1 Å². The van der Waals surface area contributed by atoms with Gasteiger partial charge in [-0.2, -0.15) is 5.10 Å². The van der Waals surface area contributed by atoms with Gasteiger partial charge in [0.1, 0.15) is 17.8 Å². The van der Waals surface area contributed by atoms with Crippen LogP contribution in [0.2, 0.25) is 0 Å². The molecule has 0 fully saturated rings. The molecule has 31 heavy (non-hydrogen) atoms. The topological polar surface area (TPSA) is 108 Å². The molecule has 4 rings (SSSR count). The fourth-order valence-corrected chi connectivity index (χ4v) is 3.76. The average molecular weight is 418 g/mol. The first-order chi connectivity index (χ1) is 15.0. The van der Waals surface area contributed by atoms with E-state index in [1.165, 1.54) is 6.92 Å². The van der Waals surface area contributed by atoms with E-state index in [0.717, 1.165) is 10.5 Å². The van der Waals surface area contributed by atoms with Gasteiger partial charge in [0.25, 0.3) is 11.8 Å². The van der Waals surface area contributed by atoms with E-state index in [0.29, 0.717) is 13.0 Å². The third-order valence-electron chi connectivity index (χ3n) is 5.50. The number of nitrogens with zero attached hydrogens (tertiary/aromatic N) is 2. The van der Waals surface area contributed by atoms with E-state index in [1.54, 1.807) is 24.3 Å². The summed E-state index contributed by atoms with van der Waals surface area (Å²) in [6.07, 6.45) is 0.798. The summed E-state index contributed by atoms with van der Waals surface area (Å²) < 4.78 is 0. The Balaban J connectivity index is 1.32. The Morgan fingerprint density at radius 3 is 2.32 bits per heavy atom. The Bertz CT molecular complexity index is 1040. The van der Waals surface area contributed by atoms with Gasteiger partial charge < -0.3 is 5.32 Å². The summed E-state index contributed by atoms with van der Waals surface area (Å²) in [4.78, 5) is 51.5. The molecule has 0 bridgehead atoms. The number of nitrogens with one attached hydrogen (secondary N) is 2. The van der Waals surface area contributed by atoms with Crippen LogP contribution in [0.25, 0.3) is 0 Å². The number of Topliss-reactive ketones (excluding diaryl/α,β-unsaturated/α-hetero) is 1. The van der Waals surface area contributed by atoms with Crippen molar-refractivity contribution in [3.63, 3.8) is 0 Å². The van der Waals surface area contributed by atoms with E-state index in [9.17, 15) is 19.2 Å². The molecule has 2 aliphatic heterocycles. The summed E-state index contributed by atoms with van der Waals surface area (Å²) in [5.41, 5.74) is 4.52. The molecule has 2 aliphatic rings. The quantitative estimate of drug-likeness (QED) is 0.660.